The van der Waals surface area contributed by atoms with Gasteiger partial charge >= 0.3 is 0 Å². The molecule has 1 nitrogen and oxygen atoms in total. The van der Waals surface area contributed by atoms with Crippen molar-refractivity contribution in [3.8, 4) is 0 Å². The van der Waals surface area contributed by atoms with E-state index < -0.39 is 0 Å². The van der Waals surface area contributed by atoms with Crippen molar-refractivity contribution in [2.45, 2.75) is 40.0 Å². The smallest absolute Gasteiger partial charge is 0.00756 e. The molecule has 15 heavy (non-hydrogen) atoms. The number of allylic oxidation sites excluding steroid dienone is 3. The van der Waals surface area contributed by atoms with Crippen molar-refractivity contribution >= 4 is 0 Å². The third kappa shape index (κ3) is 3.20. The molecule has 0 amide bonds. The van der Waals surface area contributed by atoms with Gasteiger partial charge in [0.1, 0.15) is 0 Å². The standard InChI is InChI=1S/C14H24N/c1-4-9-13(3)14(12-15-5-2)10-7-6-8-11-14/h6-7,10,13,15H,4-5,9,11-12H2,1-3H3. The van der Waals surface area contributed by atoms with Crippen molar-refractivity contribution in [2.24, 2.45) is 11.3 Å². The van der Waals surface area contributed by atoms with E-state index in [0.717, 1.165) is 25.4 Å². The van der Waals surface area contributed by atoms with Crippen molar-refractivity contribution in [3.05, 3.63) is 24.3 Å². The average molecular weight is 206 g/mol. The van der Waals surface area contributed by atoms with Gasteiger partial charge in [0.05, 0.1) is 0 Å². The highest BCUT2D eigenvalue weighted by atomic mass is 14.9. The molecule has 85 valence electrons. The Hall–Kier alpha value is -0.560. The van der Waals surface area contributed by atoms with Gasteiger partial charge in [0.15, 0.2) is 0 Å². The quantitative estimate of drug-likeness (QED) is 0.703. The van der Waals surface area contributed by atoms with Crippen molar-refractivity contribution in [2.75, 3.05) is 13.1 Å². The molecule has 0 aromatic rings. The van der Waals surface area contributed by atoms with Gasteiger partial charge in [-0.2, -0.15) is 0 Å². The fourth-order valence-electron chi connectivity index (χ4n) is 2.33. The van der Waals surface area contributed by atoms with Crippen LogP contribution in [-0.4, -0.2) is 13.1 Å². The highest BCUT2D eigenvalue weighted by Gasteiger charge is 2.32. The lowest BCUT2D eigenvalue weighted by Gasteiger charge is -2.37. The highest BCUT2D eigenvalue weighted by molar-refractivity contribution is 5.15. The maximum atomic E-state index is 3.49. The predicted octanol–water partition coefficient (Wildman–Crippen LogP) is 3.34. The summed E-state index contributed by atoms with van der Waals surface area (Å²) in [7, 11) is 0. The summed E-state index contributed by atoms with van der Waals surface area (Å²) in [6.07, 6.45) is 13.6. The van der Waals surface area contributed by atoms with Crippen LogP contribution in [0.3, 0.4) is 0 Å². The molecule has 0 bridgehead atoms. The van der Waals surface area contributed by atoms with Crippen LogP contribution in [0.5, 0.6) is 0 Å². The summed E-state index contributed by atoms with van der Waals surface area (Å²) in [5.74, 6) is 0.735. The molecule has 2 unspecified atom stereocenters. The van der Waals surface area contributed by atoms with E-state index in [4.69, 9.17) is 0 Å². The summed E-state index contributed by atoms with van der Waals surface area (Å²) in [4.78, 5) is 0. The van der Waals surface area contributed by atoms with E-state index in [-0.39, 0.29) is 0 Å². The van der Waals surface area contributed by atoms with Crippen LogP contribution in [0.15, 0.2) is 18.2 Å². The summed E-state index contributed by atoms with van der Waals surface area (Å²) in [5.41, 5.74) is 0.306. The first-order chi connectivity index (χ1) is 7.25. The Bertz CT molecular complexity index is 229. The van der Waals surface area contributed by atoms with Crippen LogP contribution in [0.25, 0.3) is 0 Å². The van der Waals surface area contributed by atoms with E-state index in [0.29, 0.717) is 5.41 Å². The Morgan fingerprint density at radius 2 is 2.27 bits per heavy atom. The largest absolute Gasteiger partial charge is 0.316 e. The second-order valence-corrected chi connectivity index (χ2v) is 4.61. The van der Waals surface area contributed by atoms with Crippen molar-refractivity contribution in [3.63, 3.8) is 0 Å². The molecule has 0 heterocycles. The van der Waals surface area contributed by atoms with Gasteiger partial charge in [-0.3, -0.25) is 0 Å². The lowest BCUT2D eigenvalue weighted by atomic mass is 9.70. The molecule has 1 aliphatic carbocycles. The Morgan fingerprint density at radius 1 is 1.47 bits per heavy atom. The molecule has 1 aliphatic rings. The van der Waals surface area contributed by atoms with E-state index in [2.05, 4.69) is 44.3 Å². The Morgan fingerprint density at radius 3 is 2.80 bits per heavy atom. The van der Waals surface area contributed by atoms with Gasteiger partial charge < -0.3 is 5.32 Å². The van der Waals surface area contributed by atoms with Crippen LogP contribution in [0, 0.1) is 17.4 Å². The zero-order chi connectivity index (χ0) is 11.1. The Labute approximate surface area is 94.6 Å². The number of nitrogens with one attached hydrogen (secondary N) is 1. The lowest BCUT2D eigenvalue weighted by molar-refractivity contribution is 0.221. The maximum Gasteiger partial charge on any atom is 0.00756 e. The summed E-state index contributed by atoms with van der Waals surface area (Å²) >= 11 is 0. The van der Waals surface area contributed by atoms with E-state index in [1.54, 1.807) is 0 Å². The first-order valence-corrected chi connectivity index (χ1v) is 6.20. The maximum absolute atomic E-state index is 3.49. The molecule has 0 saturated heterocycles. The van der Waals surface area contributed by atoms with Crippen LogP contribution in [0.2, 0.25) is 0 Å². The van der Waals surface area contributed by atoms with Crippen LogP contribution in [0.4, 0.5) is 0 Å². The molecule has 1 radical (unpaired) electrons. The number of hydrogen-bond donors (Lipinski definition) is 1. The van der Waals surface area contributed by atoms with Crippen LogP contribution < -0.4 is 5.32 Å². The molecular formula is C14H24N. The summed E-state index contributed by atoms with van der Waals surface area (Å²) < 4.78 is 0. The Balaban J connectivity index is 2.67. The van der Waals surface area contributed by atoms with Crippen molar-refractivity contribution < 1.29 is 0 Å². The first kappa shape index (κ1) is 12.5. The van der Waals surface area contributed by atoms with E-state index in [1.165, 1.54) is 12.8 Å². The highest BCUT2D eigenvalue weighted by Crippen LogP contribution is 2.37. The average Bonchev–Trinajstić information content (AvgIpc) is 2.28. The molecule has 0 fully saturated rings. The molecule has 1 heteroatoms. The molecule has 1 rings (SSSR count). The van der Waals surface area contributed by atoms with E-state index in [9.17, 15) is 0 Å². The second kappa shape index (κ2) is 6.12. The minimum Gasteiger partial charge on any atom is -0.316 e. The number of rotatable bonds is 6. The Kier molecular flexibility index (Phi) is 5.10. The third-order valence-corrected chi connectivity index (χ3v) is 3.48. The normalized spacial score (nSPS) is 26.9. The SMILES string of the molecule is CCCC(C)C1(CNCC)C=CC=[C]C1. The first-order valence-electron chi connectivity index (χ1n) is 6.20. The molecule has 2 atom stereocenters. The fourth-order valence-corrected chi connectivity index (χ4v) is 2.33. The lowest BCUT2D eigenvalue weighted by Crippen LogP contribution is -2.38. The summed E-state index contributed by atoms with van der Waals surface area (Å²) in [6, 6.07) is 0. The van der Waals surface area contributed by atoms with Crippen LogP contribution in [0.1, 0.15) is 40.0 Å². The van der Waals surface area contributed by atoms with Gasteiger partial charge in [0, 0.05) is 12.0 Å². The van der Waals surface area contributed by atoms with Gasteiger partial charge in [-0.15, -0.1) is 0 Å². The van der Waals surface area contributed by atoms with E-state index >= 15 is 0 Å². The minimum absolute atomic E-state index is 0.306. The summed E-state index contributed by atoms with van der Waals surface area (Å²) in [5, 5.41) is 3.49. The summed E-state index contributed by atoms with van der Waals surface area (Å²) in [6.45, 7) is 8.95. The zero-order valence-electron chi connectivity index (χ0n) is 10.3. The molecule has 0 aliphatic heterocycles. The van der Waals surface area contributed by atoms with Gasteiger partial charge in [0.2, 0.25) is 0 Å². The van der Waals surface area contributed by atoms with Crippen LogP contribution in [-0.2, 0) is 0 Å². The molecular weight excluding hydrogens is 182 g/mol. The van der Waals surface area contributed by atoms with Gasteiger partial charge in [-0.25, -0.2) is 0 Å². The minimum atomic E-state index is 0.306. The van der Waals surface area contributed by atoms with E-state index in [1.807, 2.05) is 6.08 Å². The third-order valence-electron chi connectivity index (χ3n) is 3.48. The fraction of sp³-hybridized carbons (Fsp3) is 0.714. The number of hydrogen-bond acceptors (Lipinski definition) is 1. The molecule has 0 spiro atoms. The molecule has 0 aromatic heterocycles. The molecule has 0 saturated carbocycles. The monoisotopic (exact) mass is 206 g/mol. The molecule has 1 N–H and O–H groups in total. The van der Waals surface area contributed by atoms with Crippen LogP contribution >= 0.6 is 0 Å². The van der Waals surface area contributed by atoms with Crippen molar-refractivity contribution in [1.82, 2.24) is 5.32 Å². The second-order valence-electron chi connectivity index (χ2n) is 4.61. The topological polar surface area (TPSA) is 12.0 Å². The zero-order valence-corrected chi connectivity index (χ0v) is 10.3. The van der Waals surface area contributed by atoms with Gasteiger partial charge in [-0.1, -0.05) is 51.8 Å². The van der Waals surface area contributed by atoms with Gasteiger partial charge in [-0.05, 0) is 25.0 Å². The predicted molar refractivity (Wildman–Crippen MR) is 66.6 cm³/mol. The molecule has 0 aromatic carbocycles. The van der Waals surface area contributed by atoms with Gasteiger partial charge in [0.25, 0.3) is 0 Å². The van der Waals surface area contributed by atoms with Crippen molar-refractivity contribution in [1.29, 1.82) is 0 Å².